The van der Waals surface area contributed by atoms with Gasteiger partial charge in [0, 0.05) is 6.54 Å². The zero-order chi connectivity index (χ0) is 18.9. The number of nitrogens with zero attached hydrogens (tertiary/aromatic N) is 1. The lowest BCUT2D eigenvalue weighted by atomic mass is 9.85. The Bertz CT molecular complexity index is 505. The van der Waals surface area contributed by atoms with Gasteiger partial charge in [0.2, 0.25) is 11.8 Å². The number of alkyl carbamates (subject to hydrolysis) is 1. The summed E-state index contributed by atoms with van der Waals surface area (Å²) in [6, 6.07) is -1.44. The van der Waals surface area contributed by atoms with Gasteiger partial charge >= 0.3 is 6.09 Å². The van der Waals surface area contributed by atoms with E-state index in [9.17, 15) is 14.4 Å². The van der Waals surface area contributed by atoms with Crippen molar-refractivity contribution in [2.75, 3.05) is 6.54 Å². The highest BCUT2D eigenvalue weighted by Crippen LogP contribution is 2.28. The third kappa shape index (κ3) is 5.11. The molecule has 0 spiro atoms. The molecule has 24 heavy (non-hydrogen) atoms. The van der Waals surface area contributed by atoms with Crippen LogP contribution in [0.4, 0.5) is 4.79 Å². The quantitative estimate of drug-likeness (QED) is 0.815. The molecule has 3 amide bonds. The molecule has 7 heteroatoms. The summed E-state index contributed by atoms with van der Waals surface area (Å²) in [6.45, 7) is 13.2. The van der Waals surface area contributed by atoms with Crippen molar-refractivity contribution in [2.45, 2.75) is 72.6 Å². The molecule has 1 rings (SSSR count). The first-order valence-electron chi connectivity index (χ1n) is 8.33. The maximum Gasteiger partial charge on any atom is 0.408 e. The standard InChI is InChI=1S/C17H31N3O4/c1-10-8-9-20(11(10)13(18)21)14(22)12(16(2,3)4)19-15(23)24-17(5,6)7/h10-12H,8-9H2,1-7H3,(H2,18,21)(H,19,23)/t10?,11-,12+/m0/s1. The van der Waals surface area contributed by atoms with Gasteiger partial charge in [0.25, 0.3) is 0 Å². The van der Waals surface area contributed by atoms with E-state index < -0.39 is 35.1 Å². The summed E-state index contributed by atoms with van der Waals surface area (Å²) in [5, 5.41) is 2.66. The van der Waals surface area contributed by atoms with E-state index in [-0.39, 0.29) is 11.8 Å². The Balaban J connectivity index is 2.98. The Morgan fingerprint density at radius 2 is 1.71 bits per heavy atom. The highest BCUT2D eigenvalue weighted by molar-refractivity contribution is 5.92. The zero-order valence-corrected chi connectivity index (χ0v) is 15.8. The summed E-state index contributed by atoms with van der Waals surface area (Å²) < 4.78 is 5.26. The average molecular weight is 341 g/mol. The average Bonchev–Trinajstić information content (AvgIpc) is 2.73. The van der Waals surface area contributed by atoms with Crippen molar-refractivity contribution in [1.82, 2.24) is 10.2 Å². The predicted octanol–water partition coefficient (Wildman–Crippen LogP) is 1.65. The predicted molar refractivity (Wildman–Crippen MR) is 91.1 cm³/mol. The minimum absolute atomic E-state index is 0.00796. The number of hydrogen-bond acceptors (Lipinski definition) is 4. The maximum atomic E-state index is 13.0. The maximum absolute atomic E-state index is 13.0. The monoisotopic (exact) mass is 341 g/mol. The fourth-order valence-corrected chi connectivity index (χ4v) is 2.87. The van der Waals surface area contributed by atoms with Crippen LogP contribution >= 0.6 is 0 Å². The fourth-order valence-electron chi connectivity index (χ4n) is 2.87. The van der Waals surface area contributed by atoms with Crippen molar-refractivity contribution in [3.8, 4) is 0 Å². The number of nitrogens with two attached hydrogens (primary N) is 1. The van der Waals surface area contributed by atoms with Crippen LogP contribution in [0.2, 0.25) is 0 Å². The first-order chi connectivity index (χ1) is 10.7. The van der Waals surface area contributed by atoms with Crippen LogP contribution in [-0.2, 0) is 14.3 Å². The first kappa shape index (κ1) is 20.3. The molecule has 3 N–H and O–H groups in total. The highest BCUT2D eigenvalue weighted by Gasteiger charge is 2.44. The lowest BCUT2D eigenvalue weighted by Crippen LogP contribution is -2.58. The van der Waals surface area contributed by atoms with E-state index in [0.29, 0.717) is 13.0 Å². The van der Waals surface area contributed by atoms with E-state index in [1.54, 1.807) is 20.8 Å². The normalized spacial score (nSPS) is 22.9. The van der Waals surface area contributed by atoms with E-state index in [1.807, 2.05) is 27.7 Å². The van der Waals surface area contributed by atoms with E-state index >= 15 is 0 Å². The number of carbonyl (C=O) groups excluding carboxylic acids is 3. The van der Waals surface area contributed by atoms with Gasteiger partial charge in [0.05, 0.1) is 0 Å². The van der Waals surface area contributed by atoms with Crippen LogP contribution in [0.5, 0.6) is 0 Å². The van der Waals surface area contributed by atoms with Crippen molar-refractivity contribution in [3.05, 3.63) is 0 Å². The van der Waals surface area contributed by atoms with Crippen molar-refractivity contribution in [1.29, 1.82) is 0 Å². The molecule has 0 aromatic heterocycles. The van der Waals surface area contributed by atoms with E-state index in [0.717, 1.165) is 0 Å². The lowest BCUT2D eigenvalue weighted by Gasteiger charge is -2.35. The smallest absolute Gasteiger partial charge is 0.408 e. The Morgan fingerprint density at radius 3 is 2.12 bits per heavy atom. The van der Waals surface area contributed by atoms with Gasteiger partial charge in [0.15, 0.2) is 0 Å². The number of primary amides is 1. The summed E-state index contributed by atoms with van der Waals surface area (Å²) in [5.41, 5.74) is 4.27. The zero-order valence-electron chi connectivity index (χ0n) is 15.8. The van der Waals surface area contributed by atoms with Crippen LogP contribution in [-0.4, -0.2) is 47.0 Å². The lowest BCUT2D eigenvalue weighted by molar-refractivity contribution is -0.141. The topological polar surface area (TPSA) is 102 Å². The molecule has 138 valence electrons. The molecular weight excluding hydrogens is 310 g/mol. The van der Waals surface area contributed by atoms with Gasteiger partial charge in [-0.2, -0.15) is 0 Å². The van der Waals surface area contributed by atoms with Crippen LogP contribution in [0.25, 0.3) is 0 Å². The minimum Gasteiger partial charge on any atom is -0.444 e. The molecule has 1 fully saturated rings. The van der Waals surface area contributed by atoms with Gasteiger partial charge in [-0.1, -0.05) is 27.7 Å². The van der Waals surface area contributed by atoms with Crippen molar-refractivity contribution in [3.63, 3.8) is 0 Å². The molecule has 1 aliphatic heterocycles. The van der Waals surface area contributed by atoms with Gasteiger partial charge in [-0.25, -0.2) is 4.79 Å². The number of likely N-dealkylation sites (tertiary alicyclic amines) is 1. The molecule has 0 aromatic rings. The molecule has 0 bridgehead atoms. The van der Waals surface area contributed by atoms with Gasteiger partial charge in [-0.3, -0.25) is 9.59 Å². The Hall–Kier alpha value is -1.79. The van der Waals surface area contributed by atoms with Gasteiger partial charge in [0.1, 0.15) is 17.7 Å². The fraction of sp³-hybridized carbons (Fsp3) is 0.824. The molecule has 0 aromatic carbocycles. The van der Waals surface area contributed by atoms with Crippen LogP contribution in [0.3, 0.4) is 0 Å². The van der Waals surface area contributed by atoms with Crippen molar-refractivity contribution < 1.29 is 19.1 Å². The van der Waals surface area contributed by atoms with Gasteiger partial charge in [-0.05, 0) is 38.5 Å². The molecule has 1 unspecified atom stereocenters. The third-order valence-electron chi connectivity index (χ3n) is 4.05. The summed E-state index contributed by atoms with van der Waals surface area (Å²) in [6.07, 6.45) is 0.0569. The van der Waals surface area contributed by atoms with Crippen LogP contribution < -0.4 is 11.1 Å². The summed E-state index contributed by atoms with van der Waals surface area (Å²) in [4.78, 5) is 38.3. The highest BCUT2D eigenvalue weighted by atomic mass is 16.6. The second kappa shape index (κ2) is 6.99. The Kier molecular flexibility index (Phi) is 5.90. The van der Waals surface area contributed by atoms with Crippen LogP contribution in [0, 0.1) is 11.3 Å². The SMILES string of the molecule is CC1CCN(C(=O)[C@@H](NC(=O)OC(C)(C)C)C(C)(C)C)[C@@H]1C(N)=O. The number of hydrogen-bond donors (Lipinski definition) is 2. The van der Waals surface area contributed by atoms with Crippen molar-refractivity contribution >= 4 is 17.9 Å². The minimum atomic E-state index is -0.806. The van der Waals surface area contributed by atoms with E-state index in [1.165, 1.54) is 4.90 Å². The summed E-state index contributed by atoms with van der Waals surface area (Å²) in [5.74, 6) is -0.812. The van der Waals surface area contributed by atoms with Crippen LogP contribution in [0.1, 0.15) is 54.9 Å². The Morgan fingerprint density at radius 1 is 1.17 bits per heavy atom. The second-order valence-electron chi connectivity index (χ2n) is 8.59. The molecule has 0 aliphatic carbocycles. The molecule has 1 saturated heterocycles. The largest absolute Gasteiger partial charge is 0.444 e. The number of ether oxygens (including phenoxy) is 1. The molecule has 7 nitrogen and oxygen atoms in total. The van der Waals surface area contributed by atoms with Gasteiger partial charge < -0.3 is 20.7 Å². The molecule has 0 radical (unpaired) electrons. The first-order valence-corrected chi connectivity index (χ1v) is 8.33. The Labute approximate surface area is 144 Å². The summed E-state index contributed by atoms with van der Waals surface area (Å²) >= 11 is 0. The molecule has 3 atom stereocenters. The number of carbonyl (C=O) groups is 3. The number of rotatable bonds is 3. The molecule has 1 aliphatic rings. The number of amides is 3. The third-order valence-corrected chi connectivity index (χ3v) is 4.05. The molecular formula is C17H31N3O4. The van der Waals surface area contributed by atoms with Crippen molar-refractivity contribution in [2.24, 2.45) is 17.1 Å². The molecule has 1 heterocycles. The van der Waals surface area contributed by atoms with Gasteiger partial charge in [-0.15, -0.1) is 0 Å². The number of nitrogens with one attached hydrogen (secondary N) is 1. The summed E-state index contributed by atoms with van der Waals surface area (Å²) in [7, 11) is 0. The second-order valence-corrected chi connectivity index (χ2v) is 8.59. The van der Waals surface area contributed by atoms with Crippen LogP contribution in [0.15, 0.2) is 0 Å². The molecule has 0 saturated carbocycles. The van der Waals surface area contributed by atoms with E-state index in [4.69, 9.17) is 10.5 Å². The van der Waals surface area contributed by atoms with E-state index in [2.05, 4.69) is 5.32 Å².